The second-order valence-corrected chi connectivity index (χ2v) is 6.90. The quantitative estimate of drug-likeness (QED) is 0.843. The van der Waals surface area contributed by atoms with Crippen molar-refractivity contribution in [1.82, 2.24) is 4.98 Å². The fourth-order valence-electron chi connectivity index (χ4n) is 2.63. The third kappa shape index (κ3) is 6.25. The summed E-state index contributed by atoms with van der Waals surface area (Å²) in [5, 5.41) is 2.89. The minimum atomic E-state index is 0.0266. The van der Waals surface area contributed by atoms with Crippen LogP contribution in [-0.4, -0.2) is 17.4 Å². The summed E-state index contributed by atoms with van der Waals surface area (Å²) in [6.45, 7) is 11.2. The van der Waals surface area contributed by atoms with Crippen LogP contribution in [0.1, 0.15) is 51.3 Å². The average molecular weight is 291 g/mol. The summed E-state index contributed by atoms with van der Waals surface area (Å²) in [6, 6.07) is 3.89. The molecule has 0 fully saturated rings. The predicted octanol–water partition coefficient (Wildman–Crippen LogP) is 3.43. The number of aryl methyl sites for hydroxylation is 2. The van der Waals surface area contributed by atoms with E-state index in [0.29, 0.717) is 24.7 Å². The molecule has 3 N–H and O–H groups in total. The molecule has 21 heavy (non-hydrogen) atoms. The van der Waals surface area contributed by atoms with Gasteiger partial charge >= 0.3 is 0 Å². The lowest BCUT2D eigenvalue weighted by atomic mass is 9.76. The maximum Gasteiger partial charge on any atom is 0.225 e. The molecule has 0 aliphatic rings. The van der Waals surface area contributed by atoms with Crippen LogP contribution in [0, 0.1) is 25.2 Å². The van der Waals surface area contributed by atoms with Crippen LogP contribution in [0.15, 0.2) is 12.1 Å². The maximum atomic E-state index is 12.1. The first kappa shape index (κ1) is 17.6. The molecule has 1 aromatic heterocycles. The van der Waals surface area contributed by atoms with E-state index in [-0.39, 0.29) is 11.3 Å². The van der Waals surface area contributed by atoms with Gasteiger partial charge in [0, 0.05) is 12.1 Å². The molecule has 4 nitrogen and oxygen atoms in total. The van der Waals surface area contributed by atoms with Crippen LogP contribution in [0.3, 0.4) is 0 Å². The molecule has 1 unspecified atom stereocenters. The maximum absolute atomic E-state index is 12.1. The third-order valence-electron chi connectivity index (χ3n) is 3.82. The number of anilines is 1. The number of aromatic nitrogens is 1. The van der Waals surface area contributed by atoms with Crippen molar-refractivity contribution >= 4 is 11.7 Å². The molecule has 1 atom stereocenters. The lowest BCUT2D eigenvalue weighted by Gasteiger charge is -2.30. The van der Waals surface area contributed by atoms with E-state index < -0.39 is 0 Å². The van der Waals surface area contributed by atoms with Gasteiger partial charge < -0.3 is 11.1 Å². The number of rotatable bonds is 6. The molecule has 0 bridgehead atoms. The molecular formula is C17H29N3O. The van der Waals surface area contributed by atoms with Crippen molar-refractivity contribution in [3.05, 3.63) is 23.4 Å². The molecule has 0 saturated heterocycles. The van der Waals surface area contributed by atoms with Crippen molar-refractivity contribution in [3.8, 4) is 0 Å². The van der Waals surface area contributed by atoms with E-state index in [4.69, 9.17) is 5.73 Å². The van der Waals surface area contributed by atoms with Crippen molar-refractivity contribution in [2.45, 2.75) is 53.9 Å². The Morgan fingerprint density at radius 2 is 1.95 bits per heavy atom. The number of hydrogen-bond donors (Lipinski definition) is 2. The predicted molar refractivity (Wildman–Crippen MR) is 88.2 cm³/mol. The summed E-state index contributed by atoms with van der Waals surface area (Å²) in [7, 11) is 0. The van der Waals surface area contributed by atoms with E-state index in [1.165, 1.54) is 0 Å². The zero-order chi connectivity index (χ0) is 16.0. The van der Waals surface area contributed by atoms with Gasteiger partial charge in [0.25, 0.3) is 0 Å². The average Bonchev–Trinajstić information content (AvgIpc) is 2.31. The summed E-state index contributed by atoms with van der Waals surface area (Å²) >= 11 is 0. The van der Waals surface area contributed by atoms with E-state index in [0.717, 1.165) is 24.1 Å². The highest BCUT2D eigenvalue weighted by Gasteiger charge is 2.24. The van der Waals surface area contributed by atoms with E-state index in [2.05, 4.69) is 31.1 Å². The summed E-state index contributed by atoms with van der Waals surface area (Å²) in [6.07, 6.45) is 2.33. The number of amides is 1. The largest absolute Gasteiger partial charge is 0.330 e. The molecule has 0 aromatic carbocycles. The van der Waals surface area contributed by atoms with Gasteiger partial charge in [-0.3, -0.25) is 4.79 Å². The highest BCUT2D eigenvalue weighted by atomic mass is 16.1. The molecule has 1 rings (SSSR count). The molecule has 0 aliphatic carbocycles. The summed E-state index contributed by atoms with van der Waals surface area (Å²) in [5.74, 6) is 1.13. The molecule has 1 aromatic rings. The zero-order valence-electron chi connectivity index (χ0n) is 14.0. The van der Waals surface area contributed by atoms with Crippen LogP contribution in [-0.2, 0) is 4.79 Å². The normalized spacial score (nSPS) is 13.0. The third-order valence-corrected chi connectivity index (χ3v) is 3.82. The first-order chi connectivity index (χ1) is 9.72. The Bertz CT molecular complexity index is 457. The molecule has 1 amide bonds. The standard InChI is InChI=1S/C17H29N3O/c1-12-10-13(2)19-15(11-12)20-16(21)7-6-14(8-9-18)17(3,4)5/h10-11,14H,6-9,18H2,1-5H3,(H,19,20,21). The van der Waals surface area contributed by atoms with Crippen LogP contribution in [0.5, 0.6) is 0 Å². The Kier molecular flexibility index (Phi) is 6.34. The van der Waals surface area contributed by atoms with Crippen molar-refractivity contribution in [1.29, 1.82) is 0 Å². The number of pyridine rings is 1. The van der Waals surface area contributed by atoms with E-state index in [9.17, 15) is 4.79 Å². The van der Waals surface area contributed by atoms with Crippen molar-refractivity contribution < 1.29 is 4.79 Å². The Morgan fingerprint density at radius 3 is 2.48 bits per heavy atom. The minimum absolute atomic E-state index is 0.0266. The first-order valence-electron chi connectivity index (χ1n) is 7.67. The van der Waals surface area contributed by atoms with Crippen LogP contribution in [0.2, 0.25) is 0 Å². The molecular weight excluding hydrogens is 262 g/mol. The van der Waals surface area contributed by atoms with Gasteiger partial charge in [-0.25, -0.2) is 4.98 Å². The zero-order valence-corrected chi connectivity index (χ0v) is 14.0. The van der Waals surface area contributed by atoms with Crippen molar-refractivity contribution in [3.63, 3.8) is 0 Å². The molecule has 0 radical (unpaired) electrons. The van der Waals surface area contributed by atoms with Gasteiger partial charge in [0.15, 0.2) is 0 Å². The number of nitrogens with two attached hydrogens (primary N) is 1. The number of hydrogen-bond acceptors (Lipinski definition) is 3. The van der Waals surface area contributed by atoms with Crippen LogP contribution < -0.4 is 11.1 Å². The fourth-order valence-corrected chi connectivity index (χ4v) is 2.63. The SMILES string of the molecule is Cc1cc(C)nc(NC(=O)CCC(CCN)C(C)(C)C)c1. The summed E-state index contributed by atoms with van der Waals surface area (Å²) < 4.78 is 0. The molecule has 0 aliphatic heterocycles. The van der Waals surface area contributed by atoms with Gasteiger partial charge in [0.05, 0.1) is 0 Å². The lowest BCUT2D eigenvalue weighted by Crippen LogP contribution is -2.25. The van der Waals surface area contributed by atoms with Crippen LogP contribution in [0.4, 0.5) is 5.82 Å². The molecule has 118 valence electrons. The Balaban J connectivity index is 2.57. The van der Waals surface area contributed by atoms with Crippen molar-refractivity contribution in [2.24, 2.45) is 17.1 Å². The van der Waals surface area contributed by atoms with Gasteiger partial charge in [-0.15, -0.1) is 0 Å². The monoisotopic (exact) mass is 291 g/mol. The van der Waals surface area contributed by atoms with Gasteiger partial charge in [-0.1, -0.05) is 20.8 Å². The second-order valence-electron chi connectivity index (χ2n) is 6.90. The lowest BCUT2D eigenvalue weighted by molar-refractivity contribution is -0.116. The number of nitrogens with zero attached hydrogens (tertiary/aromatic N) is 1. The van der Waals surface area contributed by atoms with E-state index >= 15 is 0 Å². The molecule has 0 spiro atoms. The van der Waals surface area contributed by atoms with Gasteiger partial charge in [0.1, 0.15) is 5.82 Å². The molecule has 0 saturated carbocycles. The van der Waals surface area contributed by atoms with Gasteiger partial charge in [-0.05, 0) is 62.3 Å². The number of carbonyl (C=O) groups excluding carboxylic acids is 1. The summed E-state index contributed by atoms with van der Waals surface area (Å²) in [4.78, 5) is 16.4. The first-order valence-corrected chi connectivity index (χ1v) is 7.67. The van der Waals surface area contributed by atoms with Crippen molar-refractivity contribution in [2.75, 3.05) is 11.9 Å². The van der Waals surface area contributed by atoms with Crippen LogP contribution in [0.25, 0.3) is 0 Å². The Hall–Kier alpha value is -1.42. The minimum Gasteiger partial charge on any atom is -0.330 e. The van der Waals surface area contributed by atoms with Crippen LogP contribution >= 0.6 is 0 Å². The highest BCUT2D eigenvalue weighted by Crippen LogP contribution is 2.32. The Labute approximate surface area is 128 Å². The van der Waals surface area contributed by atoms with Gasteiger partial charge in [-0.2, -0.15) is 0 Å². The highest BCUT2D eigenvalue weighted by molar-refractivity contribution is 5.89. The summed E-state index contributed by atoms with van der Waals surface area (Å²) in [5.41, 5.74) is 7.88. The number of carbonyl (C=O) groups is 1. The molecule has 1 heterocycles. The second kappa shape index (κ2) is 7.55. The number of nitrogens with one attached hydrogen (secondary N) is 1. The Morgan fingerprint density at radius 1 is 1.29 bits per heavy atom. The van der Waals surface area contributed by atoms with Gasteiger partial charge in [0.2, 0.25) is 5.91 Å². The topological polar surface area (TPSA) is 68.0 Å². The van der Waals surface area contributed by atoms with E-state index in [1.807, 2.05) is 26.0 Å². The molecule has 4 heteroatoms. The fraction of sp³-hybridized carbons (Fsp3) is 0.647. The van der Waals surface area contributed by atoms with E-state index in [1.54, 1.807) is 0 Å². The smallest absolute Gasteiger partial charge is 0.225 e.